The standard InChI is InChI=1S/C20H22ClF2N3O3S/c1-14-3-4-15(21)11-19(14)24-7-9-25(10-8-24)20(27)13-26(30(2,28)29)16-5-6-17(22)18(23)12-16/h3-6,11-12H,7-10,13H2,1-2H3. The quantitative estimate of drug-likeness (QED) is 0.692. The highest BCUT2D eigenvalue weighted by Gasteiger charge is 2.27. The molecule has 1 aliphatic rings. The molecule has 1 aliphatic heterocycles. The van der Waals surface area contributed by atoms with Crippen molar-refractivity contribution in [3.8, 4) is 0 Å². The number of anilines is 2. The summed E-state index contributed by atoms with van der Waals surface area (Å²) in [5, 5.41) is 0.629. The summed E-state index contributed by atoms with van der Waals surface area (Å²) in [7, 11) is -3.87. The Hall–Kier alpha value is -2.39. The van der Waals surface area contributed by atoms with E-state index in [9.17, 15) is 22.0 Å². The number of halogens is 3. The molecule has 162 valence electrons. The molecule has 0 N–H and O–H groups in total. The lowest BCUT2D eigenvalue weighted by Crippen LogP contribution is -2.52. The van der Waals surface area contributed by atoms with Gasteiger partial charge in [-0.15, -0.1) is 0 Å². The molecule has 0 aromatic heterocycles. The number of benzene rings is 2. The van der Waals surface area contributed by atoms with Crippen molar-refractivity contribution in [2.75, 3.05) is 48.2 Å². The minimum Gasteiger partial charge on any atom is -0.368 e. The molecule has 1 heterocycles. The van der Waals surface area contributed by atoms with E-state index in [2.05, 4.69) is 4.90 Å². The van der Waals surface area contributed by atoms with E-state index in [4.69, 9.17) is 11.6 Å². The fourth-order valence-electron chi connectivity index (χ4n) is 3.38. The maximum atomic E-state index is 13.6. The molecule has 3 rings (SSSR count). The Kier molecular flexibility index (Phi) is 6.52. The van der Waals surface area contributed by atoms with Gasteiger partial charge in [0.15, 0.2) is 11.6 Å². The van der Waals surface area contributed by atoms with Crippen LogP contribution in [0.25, 0.3) is 0 Å². The third kappa shape index (κ3) is 5.02. The van der Waals surface area contributed by atoms with E-state index in [0.29, 0.717) is 31.2 Å². The molecular formula is C20H22ClF2N3O3S. The Balaban J connectivity index is 1.70. The molecule has 0 aliphatic carbocycles. The molecule has 2 aromatic carbocycles. The molecule has 30 heavy (non-hydrogen) atoms. The SMILES string of the molecule is Cc1ccc(Cl)cc1N1CCN(C(=O)CN(c2ccc(F)c(F)c2)S(C)(=O)=O)CC1. The number of sulfonamides is 1. The number of nitrogens with zero attached hydrogens (tertiary/aromatic N) is 3. The van der Waals surface area contributed by atoms with Crippen LogP contribution >= 0.6 is 11.6 Å². The van der Waals surface area contributed by atoms with Crippen LogP contribution in [0.15, 0.2) is 36.4 Å². The molecule has 10 heteroatoms. The Bertz CT molecular complexity index is 1060. The van der Waals surface area contributed by atoms with Crippen LogP contribution in [0.1, 0.15) is 5.56 Å². The van der Waals surface area contributed by atoms with Gasteiger partial charge in [-0.2, -0.15) is 0 Å². The first kappa shape index (κ1) is 22.3. The number of aryl methyl sites for hydroxylation is 1. The van der Waals surface area contributed by atoms with Crippen LogP contribution in [0.5, 0.6) is 0 Å². The average Bonchev–Trinajstić information content (AvgIpc) is 2.69. The van der Waals surface area contributed by atoms with Gasteiger partial charge in [-0.3, -0.25) is 9.10 Å². The fraction of sp³-hybridized carbons (Fsp3) is 0.350. The number of piperazine rings is 1. The minimum absolute atomic E-state index is 0.0991. The summed E-state index contributed by atoms with van der Waals surface area (Å²) in [5.41, 5.74) is 1.97. The number of amides is 1. The van der Waals surface area contributed by atoms with E-state index in [-0.39, 0.29) is 5.69 Å². The Morgan fingerprint density at radius 3 is 2.33 bits per heavy atom. The van der Waals surface area contributed by atoms with E-state index in [1.54, 1.807) is 4.90 Å². The van der Waals surface area contributed by atoms with Crippen LogP contribution in [0.3, 0.4) is 0 Å². The number of rotatable bonds is 5. The number of carbonyl (C=O) groups is 1. The highest BCUT2D eigenvalue weighted by Crippen LogP contribution is 2.26. The molecule has 0 bridgehead atoms. The predicted octanol–water partition coefficient (Wildman–Crippen LogP) is 3.04. The Morgan fingerprint density at radius 2 is 1.73 bits per heavy atom. The maximum absolute atomic E-state index is 13.6. The monoisotopic (exact) mass is 457 g/mol. The van der Waals surface area contributed by atoms with Crippen LogP contribution < -0.4 is 9.21 Å². The van der Waals surface area contributed by atoms with Crippen molar-refractivity contribution in [3.63, 3.8) is 0 Å². The molecule has 0 spiro atoms. The second kappa shape index (κ2) is 8.77. The average molecular weight is 458 g/mol. The summed E-state index contributed by atoms with van der Waals surface area (Å²) in [6, 6.07) is 8.36. The van der Waals surface area contributed by atoms with Crippen molar-refractivity contribution in [1.82, 2.24) is 4.90 Å². The Morgan fingerprint density at radius 1 is 1.07 bits per heavy atom. The van der Waals surface area contributed by atoms with Gasteiger partial charge in [0, 0.05) is 43.0 Å². The molecule has 0 atom stereocenters. The third-order valence-electron chi connectivity index (χ3n) is 5.01. The lowest BCUT2D eigenvalue weighted by molar-refractivity contribution is -0.129. The summed E-state index contributed by atoms with van der Waals surface area (Å²) in [6.07, 6.45) is 0.918. The first-order valence-electron chi connectivity index (χ1n) is 9.28. The van der Waals surface area contributed by atoms with Crippen molar-refractivity contribution in [2.24, 2.45) is 0 Å². The second-order valence-electron chi connectivity index (χ2n) is 7.17. The maximum Gasteiger partial charge on any atom is 0.243 e. The van der Waals surface area contributed by atoms with Crippen molar-refractivity contribution >= 4 is 38.9 Å². The lowest BCUT2D eigenvalue weighted by Gasteiger charge is -2.37. The van der Waals surface area contributed by atoms with Crippen molar-refractivity contribution in [1.29, 1.82) is 0 Å². The molecule has 0 unspecified atom stereocenters. The lowest BCUT2D eigenvalue weighted by atomic mass is 10.1. The van der Waals surface area contributed by atoms with Crippen LogP contribution in [0.4, 0.5) is 20.2 Å². The molecule has 1 amide bonds. The number of hydrogen-bond acceptors (Lipinski definition) is 4. The van der Waals surface area contributed by atoms with E-state index < -0.39 is 34.1 Å². The predicted molar refractivity (Wildman–Crippen MR) is 114 cm³/mol. The van der Waals surface area contributed by atoms with Gasteiger partial charge in [0.2, 0.25) is 15.9 Å². The third-order valence-corrected chi connectivity index (χ3v) is 6.39. The van der Waals surface area contributed by atoms with E-state index in [1.807, 2.05) is 25.1 Å². The van der Waals surface area contributed by atoms with Gasteiger partial charge in [0.25, 0.3) is 0 Å². The topological polar surface area (TPSA) is 60.9 Å². The van der Waals surface area contributed by atoms with Crippen LogP contribution in [0, 0.1) is 18.6 Å². The van der Waals surface area contributed by atoms with E-state index in [0.717, 1.165) is 40.0 Å². The normalized spacial score (nSPS) is 14.7. The van der Waals surface area contributed by atoms with Crippen molar-refractivity contribution in [3.05, 3.63) is 58.6 Å². The van der Waals surface area contributed by atoms with Crippen LogP contribution in [0.2, 0.25) is 5.02 Å². The van der Waals surface area contributed by atoms with Crippen molar-refractivity contribution in [2.45, 2.75) is 6.92 Å². The number of hydrogen-bond donors (Lipinski definition) is 0. The van der Waals surface area contributed by atoms with E-state index >= 15 is 0 Å². The summed E-state index contributed by atoms with van der Waals surface area (Å²) >= 11 is 6.09. The highest BCUT2D eigenvalue weighted by molar-refractivity contribution is 7.92. The largest absolute Gasteiger partial charge is 0.368 e. The zero-order valence-corrected chi connectivity index (χ0v) is 18.2. The van der Waals surface area contributed by atoms with Gasteiger partial charge in [-0.05, 0) is 36.8 Å². The molecular weight excluding hydrogens is 436 g/mol. The second-order valence-corrected chi connectivity index (χ2v) is 9.51. The minimum atomic E-state index is -3.87. The van der Waals surface area contributed by atoms with Crippen molar-refractivity contribution < 1.29 is 22.0 Å². The van der Waals surface area contributed by atoms with Gasteiger partial charge >= 0.3 is 0 Å². The highest BCUT2D eigenvalue weighted by atomic mass is 35.5. The van der Waals surface area contributed by atoms with Gasteiger partial charge < -0.3 is 9.80 Å². The summed E-state index contributed by atoms with van der Waals surface area (Å²) in [4.78, 5) is 16.4. The molecule has 1 saturated heterocycles. The molecule has 0 radical (unpaired) electrons. The van der Waals surface area contributed by atoms with Crippen LogP contribution in [-0.2, 0) is 14.8 Å². The summed E-state index contributed by atoms with van der Waals surface area (Å²) in [6.45, 7) is 3.43. The first-order chi connectivity index (χ1) is 14.1. The zero-order valence-electron chi connectivity index (χ0n) is 16.6. The van der Waals surface area contributed by atoms with E-state index in [1.165, 1.54) is 0 Å². The molecule has 6 nitrogen and oxygen atoms in total. The van der Waals surface area contributed by atoms with Gasteiger partial charge in [-0.25, -0.2) is 17.2 Å². The zero-order chi connectivity index (χ0) is 22.1. The fourth-order valence-corrected chi connectivity index (χ4v) is 4.39. The van der Waals surface area contributed by atoms with Gasteiger partial charge in [0.1, 0.15) is 6.54 Å². The Labute approximate surface area is 179 Å². The molecule has 1 fully saturated rings. The summed E-state index contributed by atoms with van der Waals surface area (Å²) in [5.74, 6) is -2.68. The van der Waals surface area contributed by atoms with Gasteiger partial charge in [-0.1, -0.05) is 17.7 Å². The van der Waals surface area contributed by atoms with Crippen LogP contribution in [-0.4, -0.2) is 58.2 Å². The van der Waals surface area contributed by atoms with Gasteiger partial charge in [0.05, 0.1) is 11.9 Å². The first-order valence-corrected chi connectivity index (χ1v) is 11.5. The molecule has 2 aromatic rings. The number of carbonyl (C=O) groups excluding carboxylic acids is 1. The smallest absolute Gasteiger partial charge is 0.243 e. The summed E-state index contributed by atoms with van der Waals surface area (Å²) < 4.78 is 51.9. The molecule has 0 saturated carbocycles.